The van der Waals surface area contributed by atoms with Crippen molar-refractivity contribution in [1.29, 1.82) is 0 Å². The van der Waals surface area contributed by atoms with E-state index in [9.17, 15) is 4.39 Å². The summed E-state index contributed by atoms with van der Waals surface area (Å²) in [5.41, 5.74) is 2.89. The fraction of sp³-hybridized carbons (Fsp3) is 0.214. The summed E-state index contributed by atoms with van der Waals surface area (Å²) in [6.45, 7) is 1.82. The number of benzene rings is 3. The van der Waals surface area contributed by atoms with E-state index < -0.39 is 0 Å². The first-order valence-electron chi connectivity index (χ1n) is 12.2. The average molecular weight is 548 g/mol. The van der Waals surface area contributed by atoms with Gasteiger partial charge >= 0.3 is 0 Å². The largest absolute Gasteiger partial charge is 0.496 e. The van der Waals surface area contributed by atoms with Crippen molar-refractivity contribution >= 4 is 46.2 Å². The van der Waals surface area contributed by atoms with Gasteiger partial charge in [0.05, 0.1) is 30.4 Å². The van der Waals surface area contributed by atoms with Crippen molar-refractivity contribution < 1.29 is 13.9 Å². The van der Waals surface area contributed by atoms with E-state index >= 15 is 0 Å². The number of aromatic nitrogens is 2. The second-order valence-corrected chi connectivity index (χ2v) is 9.30. The van der Waals surface area contributed by atoms with Gasteiger partial charge in [-0.3, -0.25) is 0 Å². The van der Waals surface area contributed by atoms with Crippen LogP contribution < -0.4 is 14.8 Å². The number of hydrazone groups is 1. The van der Waals surface area contributed by atoms with Gasteiger partial charge in [-0.15, -0.1) is 0 Å². The summed E-state index contributed by atoms with van der Waals surface area (Å²) in [4.78, 5) is 15.4. The summed E-state index contributed by atoms with van der Waals surface area (Å²) in [6, 6.07) is 15.4. The van der Waals surface area contributed by atoms with E-state index in [0.717, 1.165) is 30.0 Å². The lowest BCUT2D eigenvalue weighted by molar-refractivity contribution is 0.306. The van der Waals surface area contributed by atoms with E-state index in [2.05, 4.69) is 25.4 Å². The Morgan fingerprint density at radius 3 is 2.77 bits per heavy atom. The number of anilines is 2. The van der Waals surface area contributed by atoms with Crippen LogP contribution in [0, 0.1) is 5.82 Å². The lowest BCUT2D eigenvalue weighted by atomic mass is 10.1. The van der Waals surface area contributed by atoms with Gasteiger partial charge in [0.15, 0.2) is 0 Å². The van der Waals surface area contributed by atoms with E-state index in [1.165, 1.54) is 18.5 Å². The molecule has 1 N–H and O–H groups in total. The molecule has 1 aliphatic rings. The molecule has 1 aromatic heterocycles. The molecule has 1 aliphatic heterocycles. The summed E-state index contributed by atoms with van der Waals surface area (Å²) < 4.78 is 24.8. The Kier molecular flexibility index (Phi) is 7.74. The molecular weight excluding hydrogens is 521 g/mol. The Hall–Kier alpha value is -4.44. The molecule has 0 aliphatic carbocycles. The molecule has 39 heavy (non-hydrogen) atoms. The molecule has 9 nitrogen and oxygen atoms in total. The molecule has 0 atom stereocenters. The number of likely N-dealkylation sites (N-methyl/N-ethyl adjacent to an activating group) is 1. The van der Waals surface area contributed by atoms with Crippen molar-refractivity contribution in [2.24, 2.45) is 10.1 Å². The third-order valence-corrected chi connectivity index (χ3v) is 6.45. The Labute approximate surface area is 230 Å². The maximum Gasteiger partial charge on any atom is 0.217 e. The number of nitrogens with zero attached hydrogens (tertiary/aromatic N) is 6. The molecule has 0 unspecified atom stereocenters. The normalized spacial score (nSPS) is 13.2. The van der Waals surface area contributed by atoms with E-state index in [0.29, 0.717) is 39.1 Å². The molecule has 0 amide bonds. The highest BCUT2D eigenvalue weighted by Gasteiger charge is 2.16. The number of guanidine groups is 1. The Balaban J connectivity index is 1.37. The van der Waals surface area contributed by atoms with Crippen LogP contribution >= 0.6 is 11.6 Å². The van der Waals surface area contributed by atoms with Crippen LogP contribution in [0.4, 0.5) is 15.9 Å². The first-order valence-corrected chi connectivity index (χ1v) is 12.6. The summed E-state index contributed by atoms with van der Waals surface area (Å²) in [5.74, 6) is 2.21. The Morgan fingerprint density at radius 2 is 2.03 bits per heavy atom. The van der Waals surface area contributed by atoms with Crippen LogP contribution in [0.25, 0.3) is 10.9 Å². The number of fused-ring (bicyclic) bond motifs is 1. The van der Waals surface area contributed by atoms with Crippen molar-refractivity contribution in [2.75, 3.05) is 39.6 Å². The lowest BCUT2D eigenvalue weighted by Crippen LogP contribution is -2.34. The van der Waals surface area contributed by atoms with E-state index in [1.54, 1.807) is 42.6 Å². The van der Waals surface area contributed by atoms with Gasteiger partial charge in [-0.25, -0.2) is 24.4 Å². The predicted molar refractivity (Wildman–Crippen MR) is 152 cm³/mol. The number of nitrogens with one attached hydrogen (secondary N) is 1. The lowest BCUT2D eigenvalue weighted by Gasteiger charge is -2.20. The first kappa shape index (κ1) is 26.2. The molecule has 4 aromatic rings. The van der Waals surface area contributed by atoms with Crippen molar-refractivity contribution in [3.8, 4) is 11.5 Å². The average Bonchev–Trinajstić information content (AvgIpc) is 3.37. The Morgan fingerprint density at radius 1 is 1.15 bits per heavy atom. The zero-order valence-electron chi connectivity index (χ0n) is 21.7. The van der Waals surface area contributed by atoms with Crippen LogP contribution in [0.3, 0.4) is 0 Å². The van der Waals surface area contributed by atoms with Crippen LogP contribution in [-0.4, -0.2) is 66.3 Å². The zero-order valence-corrected chi connectivity index (χ0v) is 22.5. The van der Waals surface area contributed by atoms with E-state index in [1.807, 2.05) is 37.2 Å². The van der Waals surface area contributed by atoms with Crippen molar-refractivity contribution in [1.82, 2.24) is 19.9 Å². The molecule has 0 saturated carbocycles. The summed E-state index contributed by atoms with van der Waals surface area (Å²) >= 11 is 6.49. The highest BCUT2D eigenvalue weighted by atomic mass is 35.5. The van der Waals surface area contributed by atoms with Crippen molar-refractivity contribution in [3.05, 3.63) is 82.9 Å². The number of rotatable bonds is 8. The fourth-order valence-electron chi connectivity index (χ4n) is 4.17. The van der Waals surface area contributed by atoms with Gasteiger partial charge in [0.25, 0.3) is 0 Å². The molecule has 0 spiro atoms. The Bertz CT molecular complexity index is 1560. The van der Waals surface area contributed by atoms with Gasteiger partial charge in [-0.05, 0) is 42.0 Å². The SMILES string of the molecule is COc1cc2ncnc(Nc3ccc(OCc4cccc(F)c4)c(Cl)c3)c2cc1/C=N/N(C)C1=NCCN1C. The number of aliphatic imine (C=N–C) groups is 1. The second kappa shape index (κ2) is 11.5. The number of ether oxygens (including phenoxy) is 2. The smallest absolute Gasteiger partial charge is 0.217 e. The highest BCUT2D eigenvalue weighted by molar-refractivity contribution is 6.32. The van der Waals surface area contributed by atoms with Crippen LogP contribution in [0.15, 0.2) is 71.0 Å². The first-order chi connectivity index (χ1) is 18.9. The van der Waals surface area contributed by atoms with Gasteiger partial charge in [0, 0.05) is 43.3 Å². The van der Waals surface area contributed by atoms with Crippen molar-refractivity contribution in [3.63, 3.8) is 0 Å². The van der Waals surface area contributed by atoms with Crippen LogP contribution in [0.1, 0.15) is 11.1 Å². The zero-order chi connectivity index (χ0) is 27.4. The standard InChI is InChI=1S/C28H27ClFN7O2/c1-36-10-9-31-28(36)37(2)34-15-19-12-22-24(14-26(19)38-3)32-17-33-27(22)35-21-7-8-25(23(29)13-21)39-16-18-5-4-6-20(30)11-18/h4-8,11-15,17H,9-10,16H2,1-3H3,(H,32,33,35)/b34-15+. The van der Waals surface area contributed by atoms with Gasteiger partial charge in [0.2, 0.25) is 5.96 Å². The molecule has 2 heterocycles. The second-order valence-electron chi connectivity index (χ2n) is 8.89. The van der Waals surface area contributed by atoms with Crippen LogP contribution in [-0.2, 0) is 6.61 Å². The molecule has 200 valence electrons. The molecule has 3 aromatic carbocycles. The molecule has 0 fully saturated rings. The quantitative estimate of drug-likeness (QED) is 0.236. The number of halogens is 2. The third kappa shape index (κ3) is 6.01. The monoisotopic (exact) mass is 547 g/mol. The number of methoxy groups -OCH3 is 1. The number of hydrogen-bond donors (Lipinski definition) is 1. The summed E-state index contributed by atoms with van der Waals surface area (Å²) in [5, 5.41) is 10.8. The maximum absolute atomic E-state index is 13.4. The van der Waals surface area contributed by atoms with Gasteiger partial charge in [-0.1, -0.05) is 23.7 Å². The molecule has 0 bridgehead atoms. The van der Waals surface area contributed by atoms with E-state index in [4.69, 9.17) is 21.1 Å². The molecular formula is C28H27ClFN7O2. The van der Waals surface area contributed by atoms with Gasteiger partial charge in [-0.2, -0.15) is 5.10 Å². The van der Waals surface area contributed by atoms with Gasteiger partial charge < -0.3 is 19.7 Å². The molecule has 0 radical (unpaired) electrons. The fourth-order valence-corrected chi connectivity index (χ4v) is 4.40. The molecule has 5 rings (SSSR count). The topological polar surface area (TPSA) is 87.5 Å². The summed E-state index contributed by atoms with van der Waals surface area (Å²) in [7, 11) is 5.45. The predicted octanol–water partition coefficient (Wildman–Crippen LogP) is 5.32. The van der Waals surface area contributed by atoms with Crippen LogP contribution in [0.2, 0.25) is 5.02 Å². The molecule has 0 saturated heterocycles. The van der Waals surface area contributed by atoms with Crippen molar-refractivity contribution in [2.45, 2.75) is 6.61 Å². The third-order valence-electron chi connectivity index (χ3n) is 6.15. The minimum atomic E-state index is -0.311. The van der Waals surface area contributed by atoms with Crippen LogP contribution in [0.5, 0.6) is 11.5 Å². The highest BCUT2D eigenvalue weighted by Crippen LogP contribution is 2.32. The molecule has 11 heteroatoms. The number of hydrogen-bond acceptors (Lipinski definition) is 9. The van der Waals surface area contributed by atoms with Gasteiger partial charge in [0.1, 0.15) is 36.1 Å². The van der Waals surface area contributed by atoms with E-state index in [-0.39, 0.29) is 12.4 Å². The minimum absolute atomic E-state index is 0.200. The minimum Gasteiger partial charge on any atom is -0.496 e. The summed E-state index contributed by atoms with van der Waals surface area (Å²) in [6.07, 6.45) is 3.21. The maximum atomic E-state index is 13.4.